The highest BCUT2D eigenvalue weighted by molar-refractivity contribution is 7.18. The van der Waals surface area contributed by atoms with Crippen molar-refractivity contribution in [3.63, 3.8) is 0 Å². The van der Waals surface area contributed by atoms with Crippen LogP contribution < -0.4 is 5.73 Å². The van der Waals surface area contributed by atoms with Gasteiger partial charge in [-0.25, -0.2) is 19.3 Å². The van der Waals surface area contributed by atoms with Crippen molar-refractivity contribution in [2.45, 2.75) is 26.6 Å². The standard InChI is InChI=1S/C20H16F3N5O4S/c1-3-31-19(30)16-14(12(6-24)17(25)33-16)9-32-18(29)13-8-27-28(10(13)2)15-5-4-11(7-26-15)20(21,22)23/h4-5,7-8H,3,9,25H2,1-2H3. The van der Waals surface area contributed by atoms with Crippen molar-refractivity contribution < 1.29 is 32.2 Å². The number of hydrogen-bond acceptors (Lipinski definition) is 9. The lowest BCUT2D eigenvalue weighted by Crippen LogP contribution is -2.11. The number of carbonyl (C=O) groups excluding carboxylic acids is 2. The van der Waals surface area contributed by atoms with Gasteiger partial charge in [0.1, 0.15) is 28.1 Å². The number of nitrogens with zero attached hydrogens (tertiary/aromatic N) is 4. The molecule has 3 heterocycles. The number of thiophene rings is 1. The predicted molar refractivity (Wildman–Crippen MR) is 110 cm³/mol. The Labute approximate surface area is 189 Å². The first-order valence-electron chi connectivity index (χ1n) is 9.32. The predicted octanol–water partition coefficient (Wildman–Crippen LogP) is 3.64. The van der Waals surface area contributed by atoms with Gasteiger partial charge in [-0.15, -0.1) is 11.3 Å². The van der Waals surface area contributed by atoms with Crippen LogP contribution in [-0.4, -0.2) is 33.3 Å². The number of halogens is 3. The number of nitriles is 1. The van der Waals surface area contributed by atoms with Crippen LogP contribution in [0.2, 0.25) is 0 Å². The van der Waals surface area contributed by atoms with Crippen molar-refractivity contribution in [1.29, 1.82) is 5.26 Å². The molecule has 13 heteroatoms. The van der Waals surface area contributed by atoms with E-state index in [0.717, 1.165) is 23.5 Å². The van der Waals surface area contributed by atoms with E-state index in [0.29, 0.717) is 6.20 Å². The second kappa shape index (κ2) is 9.29. The van der Waals surface area contributed by atoms with E-state index in [1.165, 1.54) is 17.8 Å². The van der Waals surface area contributed by atoms with Gasteiger partial charge in [0.25, 0.3) is 0 Å². The van der Waals surface area contributed by atoms with Crippen LogP contribution in [0.4, 0.5) is 18.2 Å². The summed E-state index contributed by atoms with van der Waals surface area (Å²) in [7, 11) is 0. The first kappa shape index (κ1) is 23.7. The highest BCUT2D eigenvalue weighted by Gasteiger charge is 2.31. The van der Waals surface area contributed by atoms with Crippen LogP contribution in [0.3, 0.4) is 0 Å². The highest BCUT2D eigenvalue weighted by Crippen LogP contribution is 2.32. The van der Waals surface area contributed by atoms with E-state index in [9.17, 15) is 28.0 Å². The Bertz CT molecular complexity index is 1240. The van der Waals surface area contributed by atoms with E-state index < -0.39 is 30.3 Å². The van der Waals surface area contributed by atoms with E-state index in [4.69, 9.17) is 15.2 Å². The van der Waals surface area contributed by atoms with Crippen LogP contribution in [0.5, 0.6) is 0 Å². The molecule has 0 radical (unpaired) electrons. The minimum Gasteiger partial charge on any atom is -0.462 e. The molecule has 33 heavy (non-hydrogen) atoms. The quantitative estimate of drug-likeness (QED) is 0.530. The number of hydrogen-bond donors (Lipinski definition) is 1. The van der Waals surface area contributed by atoms with E-state index in [-0.39, 0.29) is 44.7 Å². The molecule has 172 valence electrons. The molecule has 3 aromatic rings. The average Bonchev–Trinajstić information content (AvgIpc) is 3.31. The molecule has 0 aromatic carbocycles. The summed E-state index contributed by atoms with van der Waals surface area (Å²) in [5.41, 5.74) is 5.30. The zero-order valence-corrected chi connectivity index (χ0v) is 18.1. The topological polar surface area (TPSA) is 133 Å². The van der Waals surface area contributed by atoms with Gasteiger partial charge in [0.05, 0.1) is 29.6 Å². The Morgan fingerprint density at radius 1 is 1.24 bits per heavy atom. The number of nitrogens with two attached hydrogens (primary N) is 1. The van der Waals surface area contributed by atoms with Crippen molar-refractivity contribution in [2.24, 2.45) is 0 Å². The first-order chi connectivity index (χ1) is 15.6. The molecule has 0 saturated carbocycles. The summed E-state index contributed by atoms with van der Waals surface area (Å²) < 4.78 is 49.6. The van der Waals surface area contributed by atoms with Crippen molar-refractivity contribution in [2.75, 3.05) is 12.3 Å². The Morgan fingerprint density at radius 3 is 2.55 bits per heavy atom. The lowest BCUT2D eigenvalue weighted by atomic mass is 10.1. The minimum absolute atomic E-state index is 0.0113. The fraction of sp³-hybridized carbons (Fsp3) is 0.250. The molecule has 3 rings (SSSR count). The second-order valence-electron chi connectivity index (χ2n) is 6.52. The number of nitrogen functional groups attached to an aromatic ring is 1. The number of ether oxygens (including phenoxy) is 2. The van der Waals surface area contributed by atoms with Crippen LogP contribution in [0.1, 0.15) is 49.3 Å². The van der Waals surface area contributed by atoms with Crippen molar-refractivity contribution in [3.05, 3.63) is 57.4 Å². The molecular weight excluding hydrogens is 463 g/mol. The Balaban J connectivity index is 1.81. The van der Waals surface area contributed by atoms with Crippen molar-refractivity contribution in [1.82, 2.24) is 14.8 Å². The number of rotatable bonds is 6. The number of anilines is 1. The summed E-state index contributed by atoms with van der Waals surface area (Å²) in [5.74, 6) is -1.45. The van der Waals surface area contributed by atoms with Gasteiger partial charge in [0.15, 0.2) is 5.82 Å². The van der Waals surface area contributed by atoms with Gasteiger partial charge in [-0.1, -0.05) is 0 Å². The van der Waals surface area contributed by atoms with Crippen molar-refractivity contribution >= 4 is 28.3 Å². The van der Waals surface area contributed by atoms with Gasteiger partial charge in [0, 0.05) is 11.8 Å². The normalized spacial score (nSPS) is 11.2. The van der Waals surface area contributed by atoms with Gasteiger partial charge in [0.2, 0.25) is 0 Å². The number of alkyl halides is 3. The van der Waals surface area contributed by atoms with Crippen LogP contribution >= 0.6 is 11.3 Å². The maximum absolute atomic E-state index is 12.7. The molecule has 0 amide bonds. The zero-order valence-electron chi connectivity index (χ0n) is 17.3. The molecule has 0 spiro atoms. The summed E-state index contributed by atoms with van der Waals surface area (Å²) in [5, 5.41) is 13.4. The molecule has 0 fully saturated rings. The smallest absolute Gasteiger partial charge is 0.417 e. The third kappa shape index (κ3) is 4.80. The monoisotopic (exact) mass is 479 g/mol. The van der Waals surface area contributed by atoms with Gasteiger partial charge in [-0.2, -0.15) is 23.5 Å². The van der Waals surface area contributed by atoms with Gasteiger partial charge in [-0.3, -0.25) is 0 Å². The second-order valence-corrected chi connectivity index (χ2v) is 7.57. The Kier molecular flexibility index (Phi) is 6.68. The molecule has 0 aliphatic rings. The van der Waals surface area contributed by atoms with Crippen LogP contribution in [0.25, 0.3) is 5.82 Å². The third-order valence-electron chi connectivity index (χ3n) is 4.48. The SMILES string of the molecule is CCOC(=O)c1sc(N)c(C#N)c1COC(=O)c1cnn(-c2ccc(C(F)(F)F)cn2)c1C. The highest BCUT2D eigenvalue weighted by atomic mass is 32.1. The lowest BCUT2D eigenvalue weighted by Gasteiger charge is -2.09. The van der Waals surface area contributed by atoms with Crippen LogP contribution in [0.15, 0.2) is 24.5 Å². The number of carbonyl (C=O) groups is 2. The summed E-state index contributed by atoms with van der Waals surface area (Å²) in [6.07, 6.45) is -2.69. The molecule has 0 bridgehead atoms. The molecule has 0 atom stereocenters. The first-order valence-corrected chi connectivity index (χ1v) is 10.1. The van der Waals surface area contributed by atoms with Crippen molar-refractivity contribution in [3.8, 4) is 11.9 Å². The molecule has 0 saturated heterocycles. The van der Waals surface area contributed by atoms with E-state index in [1.807, 2.05) is 6.07 Å². The molecule has 2 N–H and O–H groups in total. The lowest BCUT2D eigenvalue weighted by molar-refractivity contribution is -0.137. The Hall–Kier alpha value is -3.92. The summed E-state index contributed by atoms with van der Waals surface area (Å²) in [6, 6.07) is 3.85. The van der Waals surface area contributed by atoms with Crippen LogP contribution in [0, 0.1) is 18.3 Å². The fourth-order valence-corrected chi connectivity index (χ4v) is 3.76. The van der Waals surface area contributed by atoms with E-state index >= 15 is 0 Å². The summed E-state index contributed by atoms with van der Waals surface area (Å²) >= 11 is 0.853. The maximum Gasteiger partial charge on any atom is 0.417 e. The van der Waals surface area contributed by atoms with Gasteiger partial charge in [-0.05, 0) is 26.0 Å². The van der Waals surface area contributed by atoms with Crippen LogP contribution in [-0.2, 0) is 22.3 Å². The molecule has 9 nitrogen and oxygen atoms in total. The fourth-order valence-electron chi connectivity index (χ4n) is 2.84. The summed E-state index contributed by atoms with van der Waals surface area (Å²) in [6.45, 7) is 2.81. The molecule has 0 aliphatic heterocycles. The zero-order chi connectivity index (χ0) is 24.3. The van der Waals surface area contributed by atoms with E-state index in [1.54, 1.807) is 6.92 Å². The Morgan fingerprint density at radius 2 is 1.97 bits per heavy atom. The van der Waals surface area contributed by atoms with Gasteiger partial charge < -0.3 is 15.2 Å². The number of pyridine rings is 1. The maximum atomic E-state index is 12.7. The average molecular weight is 479 g/mol. The third-order valence-corrected chi connectivity index (χ3v) is 5.52. The number of aromatic nitrogens is 3. The molecule has 0 aliphatic carbocycles. The van der Waals surface area contributed by atoms with E-state index in [2.05, 4.69) is 10.1 Å². The number of esters is 2. The van der Waals surface area contributed by atoms with Gasteiger partial charge >= 0.3 is 18.1 Å². The minimum atomic E-state index is -4.53. The molecule has 0 unspecified atom stereocenters. The molecular formula is C20H16F3N5O4S. The molecule has 3 aromatic heterocycles. The largest absolute Gasteiger partial charge is 0.462 e. The summed E-state index contributed by atoms with van der Waals surface area (Å²) in [4.78, 5) is 28.6.